The van der Waals surface area contributed by atoms with Gasteiger partial charge in [-0.1, -0.05) is 49.8 Å². The van der Waals surface area contributed by atoms with E-state index in [-0.39, 0.29) is 10.7 Å². The molecule has 0 saturated heterocycles. The highest BCUT2D eigenvalue weighted by Gasteiger charge is 2.25. The monoisotopic (exact) mass is 374 g/mol. The molecule has 8 heteroatoms. The number of hydrogen-bond acceptors (Lipinski definition) is 8. The lowest BCUT2D eigenvalue weighted by molar-refractivity contribution is 0.340. The number of hydrogen-bond donors (Lipinski definition) is 0. The largest absolute Gasteiger partial charge is 0.493 e. The zero-order valence-corrected chi connectivity index (χ0v) is 16.3. The van der Waals surface area contributed by atoms with Gasteiger partial charge in [-0.2, -0.15) is 4.98 Å². The molecule has 2 aromatic heterocycles. The normalized spacial score (nSPS) is 13.0. The highest BCUT2D eigenvalue weighted by molar-refractivity contribution is 7.99. The summed E-state index contributed by atoms with van der Waals surface area (Å²) in [6.45, 7) is 10.6. The van der Waals surface area contributed by atoms with Crippen molar-refractivity contribution >= 4 is 11.8 Å². The molecule has 1 aromatic carbocycles. The number of nitrogens with zero attached hydrogens (tertiary/aromatic N) is 4. The van der Waals surface area contributed by atoms with Crippen LogP contribution >= 0.6 is 11.8 Å². The first-order valence-corrected chi connectivity index (χ1v) is 9.33. The van der Waals surface area contributed by atoms with Crippen molar-refractivity contribution < 1.29 is 13.7 Å². The van der Waals surface area contributed by atoms with Gasteiger partial charge in [-0.05, 0) is 26.0 Å². The summed E-state index contributed by atoms with van der Waals surface area (Å²) in [7, 11) is 0. The predicted molar refractivity (Wildman–Crippen MR) is 98.2 cm³/mol. The Morgan fingerprint density at radius 1 is 1.19 bits per heavy atom. The van der Waals surface area contributed by atoms with Gasteiger partial charge in [0, 0.05) is 5.41 Å². The molecule has 0 N–H and O–H groups in total. The Bertz CT molecular complexity index is 869. The molecule has 0 radical (unpaired) electrons. The summed E-state index contributed by atoms with van der Waals surface area (Å²) in [5, 5.41) is 12.6. The van der Waals surface area contributed by atoms with Crippen molar-refractivity contribution in [2.24, 2.45) is 0 Å². The third-order valence-corrected chi connectivity index (χ3v) is 4.48. The van der Waals surface area contributed by atoms with Crippen molar-refractivity contribution in [2.75, 3.05) is 6.61 Å². The molecule has 0 aliphatic rings. The minimum atomic E-state index is -0.160. The van der Waals surface area contributed by atoms with E-state index in [9.17, 15) is 0 Å². The number of ether oxygens (including phenoxy) is 1. The molecular formula is C18H22N4O3S. The van der Waals surface area contributed by atoms with Crippen LogP contribution in [0.25, 0.3) is 11.5 Å². The Labute approximate surface area is 156 Å². The van der Waals surface area contributed by atoms with Gasteiger partial charge in [0.2, 0.25) is 5.89 Å². The zero-order chi connectivity index (χ0) is 18.7. The molecule has 3 rings (SSSR count). The fourth-order valence-corrected chi connectivity index (χ4v) is 2.91. The van der Waals surface area contributed by atoms with E-state index in [0.717, 1.165) is 11.3 Å². The Morgan fingerprint density at radius 3 is 2.65 bits per heavy atom. The van der Waals surface area contributed by atoms with Crippen molar-refractivity contribution in [3.05, 3.63) is 36.0 Å². The van der Waals surface area contributed by atoms with Crippen LogP contribution in [0, 0.1) is 0 Å². The van der Waals surface area contributed by atoms with E-state index in [1.165, 1.54) is 11.8 Å². The van der Waals surface area contributed by atoms with E-state index in [1.807, 2.05) is 58.9 Å². The quantitative estimate of drug-likeness (QED) is 0.575. The highest BCUT2D eigenvalue weighted by Crippen LogP contribution is 2.36. The molecule has 26 heavy (non-hydrogen) atoms. The lowest BCUT2D eigenvalue weighted by Crippen LogP contribution is -2.13. The second-order valence-electron chi connectivity index (χ2n) is 6.77. The molecule has 2 heterocycles. The van der Waals surface area contributed by atoms with Gasteiger partial charge < -0.3 is 13.7 Å². The van der Waals surface area contributed by atoms with E-state index in [0.29, 0.717) is 29.4 Å². The van der Waals surface area contributed by atoms with Gasteiger partial charge in [-0.15, -0.1) is 10.2 Å². The molecule has 7 nitrogen and oxygen atoms in total. The number of rotatable bonds is 6. The number of benzene rings is 1. The molecule has 3 aromatic rings. The average molecular weight is 374 g/mol. The van der Waals surface area contributed by atoms with Crippen molar-refractivity contribution in [3.8, 4) is 17.2 Å². The molecule has 1 atom stereocenters. The van der Waals surface area contributed by atoms with Gasteiger partial charge in [0.05, 0.1) is 17.4 Å². The summed E-state index contributed by atoms with van der Waals surface area (Å²) in [6.07, 6.45) is 0. The molecular weight excluding hydrogens is 352 g/mol. The van der Waals surface area contributed by atoms with Crippen LogP contribution in [0.2, 0.25) is 0 Å². The third kappa shape index (κ3) is 4.07. The van der Waals surface area contributed by atoms with Crippen LogP contribution in [0.4, 0.5) is 0 Å². The average Bonchev–Trinajstić information content (AvgIpc) is 3.24. The topological polar surface area (TPSA) is 87.1 Å². The minimum Gasteiger partial charge on any atom is -0.493 e. The first-order valence-electron chi connectivity index (χ1n) is 8.45. The minimum absolute atomic E-state index is 0.103. The fourth-order valence-electron chi connectivity index (χ4n) is 2.20. The van der Waals surface area contributed by atoms with Crippen LogP contribution in [0.15, 0.2) is 38.4 Å². The highest BCUT2D eigenvalue weighted by atomic mass is 32.2. The fraction of sp³-hybridized carbons (Fsp3) is 0.444. The predicted octanol–water partition coefficient (Wildman–Crippen LogP) is 4.67. The van der Waals surface area contributed by atoms with Gasteiger partial charge in [0.15, 0.2) is 5.82 Å². The maximum atomic E-state index is 5.79. The standard InChI is InChI=1S/C18H22N4O3S/c1-6-23-13-10-8-7-9-12(13)15-20-21-17(24-15)26-11(2)14-19-16(22-25-14)18(3,4)5/h7-11H,6H2,1-5H3. The summed E-state index contributed by atoms with van der Waals surface area (Å²) < 4.78 is 16.8. The smallest absolute Gasteiger partial charge is 0.277 e. The van der Waals surface area contributed by atoms with Crippen LogP contribution in [0.3, 0.4) is 0 Å². The van der Waals surface area contributed by atoms with Crippen molar-refractivity contribution in [3.63, 3.8) is 0 Å². The molecule has 0 fully saturated rings. The number of aromatic nitrogens is 4. The lowest BCUT2D eigenvalue weighted by Gasteiger charge is -2.11. The van der Waals surface area contributed by atoms with Gasteiger partial charge in [-0.3, -0.25) is 0 Å². The van der Waals surface area contributed by atoms with E-state index in [1.54, 1.807) is 0 Å². The van der Waals surface area contributed by atoms with Gasteiger partial charge in [0.25, 0.3) is 11.1 Å². The van der Waals surface area contributed by atoms with Crippen LogP contribution in [-0.2, 0) is 5.41 Å². The Balaban J connectivity index is 1.75. The molecule has 0 bridgehead atoms. The third-order valence-electron chi connectivity index (χ3n) is 3.56. The molecule has 0 aliphatic heterocycles. The van der Waals surface area contributed by atoms with Crippen LogP contribution in [0.1, 0.15) is 51.6 Å². The Morgan fingerprint density at radius 2 is 1.96 bits per heavy atom. The second kappa shape index (κ2) is 7.49. The van der Waals surface area contributed by atoms with Gasteiger partial charge in [-0.25, -0.2) is 0 Å². The second-order valence-corrected chi connectivity index (χ2v) is 8.06. The molecule has 0 saturated carbocycles. The van der Waals surface area contributed by atoms with E-state index < -0.39 is 0 Å². The zero-order valence-electron chi connectivity index (χ0n) is 15.5. The molecule has 0 amide bonds. The lowest BCUT2D eigenvalue weighted by atomic mass is 9.96. The SMILES string of the molecule is CCOc1ccccc1-c1nnc(SC(C)c2nc(C(C)(C)C)no2)o1. The van der Waals surface area contributed by atoms with Gasteiger partial charge in [0.1, 0.15) is 5.75 Å². The maximum absolute atomic E-state index is 5.79. The molecule has 1 unspecified atom stereocenters. The summed E-state index contributed by atoms with van der Waals surface area (Å²) in [5.74, 6) is 2.35. The summed E-state index contributed by atoms with van der Waals surface area (Å²) in [4.78, 5) is 4.47. The summed E-state index contributed by atoms with van der Waals surface area (Å²) in [5.41, 5.74) is 0.612. The van der Waals surface area contributed by atoms with E-state index in [2.05, 4.69) is 20.3 Å². The van der Waals surface area contributed by atoms with Crippen molar-refractivity contribution in [1.82, 2.24) is 20.3 Å². The molecule has 0 spiro atoms. The first kappa shape index (κ1) is 18.4. The van der Waals surface area contributed by atoms with Crippen molar-refractivity contribution in [2.45, 2.75) is 50.5 Å². The Kier molecular flexibility index (Phi) is 5.31. The first-order chi connectivity index (χ1) is 12.4. The molecule has 0 aliphatic carbocycles. The maximum Gasteiger partial charge on any atom is 0.277 e. The number of thioether (sulfide) groups is 1. The van der Waals surface area contributed by atoms with Crippen LogP contribution in [-0.4, -0.2) is 26.9 Å². The van der Waals surface area contributed by atoms with Crippen molar-refractivity contribution in [1.29, 1.82) is 0 Å². The summed E-state index contributed by atoms with van der Waals surface area (Å²) >= 11 is 1.38. The van der Waals surface area contributed by atoms with Crippen LogP contribution in [0.5, 0.6) is 5.75 Å². The molecule has 138 valence electrons. The van der Waals surface area contributed by atoms with E-state index in [4.69, 9.17) is 13.7 Å². The van der Waals surface area contributed by atoms with Gasteiger partial charge >= 0.3 is 0 Å². The summed E-state index contributed by atoms with van der Waals surface area (Å²) in [6, 6.07) is 7.59. The Hall–Kier alpha value is -2.35. The van der Waals surface area contributed by atoms with E-state index >= 15 is 0 Å². The van der Waals surface area contributed by atoms with Crippen LogP contribution < -0.4 is 4.74 Å². The number of para-hydroxylation sites is 1.